The van der Waals surface area contributed by atoms with E-state index in [-0.39, 0.29) is 19.0 Å². The Kier molecular flexibility index (Phi) is 2.92. The fourth-order valence-electron chi connectivity index (χ4n) is 1.58. The molecule has 2 rings (SSSR count). The van der Waals surface area contributed by atoms with Crippen molar-refractivity contribution in [3.8, 4) is 0 Å². The maximum atomic E-state index is 11.6. The summed E-state index contributed by atoms with van der Waals surface area (Å²) in [6.45, 7) is 1.23. The monoisotopic (exact) mass is 250 g/mol. The van der Waals surface area contributed by atoms with Crippen molar-refractivity contribution >= 4 is 17.8 Å². The first-order valence-corrected chi connectivity index (χ1v) is 5.12. The van der Waals surface area contributed by atoms with Gasteiger partial charge >= 0.3 is 5.97 Å². The molecule has 1 N–H and O–H groups in total. The highest BCUT2D eigenvalue weighted by molar-refractivity contribution is 6.15. The number of hydrogen-bond donors (Lipinski definition) is 1. The molecular weight excluding hydrogens is 240 g/mol. The van der Waals surface area contributed by atoms with Crippen LogP contribution in [-0.4, -0.2) is 42.8 Å². The molecule has 0 radical (unpaired) electrons. The number of carboxylic acid groups (broad SMARTS) is 1. The van der Waals surface area contributed by atoms with Crippen molar-refractivity contribution in [2.24, 2.45) is 0 Å². The van der Waals surface area contributed by atoms with Gasteiger partial charge in [0, 0.05) is 11.6 Å². The number of nitrogens with zero attached hydrogens (tertiary/aromatic N) is 4. The molecule has 1 aliphatic rings. The van der Waals surface area contributed by atoms with Gasteiger partial charge in [0.2, 0.25) is 0 Å². The van der Waals surface area contributed by atoms with Crippen LogP contribution in [0.25, 0.3) is 0 Å². The zero-order valence-electron chi connectivity index (χ0n) is 9.53. The number of rotatable bonds is 4. The van der Waals surface area contributed by atoms with Crippen LogP contribution in [-0.2, 0) is 27.5 Å². The maximum absolute atomic E-state index is 11.6. The SMILES string of the molecule is CC1=CC(=O)N(Cc2cn(CC(=O)O)nn2)C1=O. The molecule has 8 nitrogen and oxygen atoms in total. The number of amides is 2. The Labute approximate surface area is 101 Å². The summed E-state index contributed by atoms with van der Waals surface area (Å²) in [5.74, 6) is -1.81. The van der Waals surface area contributed by atoms with Crippen LogP contribution in [0.1, 0.15) is 12.6 Å². The minimum absolute atomic E-state index is 0.00880. The van der Waals surface area contributed by atoms with Crippen LogP contribution in [0, 0.1) is 0 Å². The Bertz CT molecular complexity index is 560. The van der Waals surface area contributed by atoms with E-state index in [1.54, 1.807) is 6.92 Å². The first-order chi connectivity index (χ1) is 8.47. The molecule has 94 valence electrons. The number of carbonyl (C=O) groups excluding carboxylic acids is 2. The number of carbonyl (C=O) groups is 3. The second-order valence-electron chi connectivity index (χ2n) is 3.86. The standard InChI is InChI=1S/C10H10N4O4/c1-6-2-8(15)14(10(6)18)4-7-3-13(12-11-7)5-9(16)17/h2-3H,4-5H2,1H3,(H,16,17). The molecule has 0 saturated heterocycles. The summed E-state index contributed by atoms with van der Waals surface area (Å²) in [6, 6.07) is 0. The predicted octanol–water partition coefficient (Wildman–Crippen LogP) is -0.822. The lowest BCUT2D eigenvalue weighted by Crippen LogP contribution is -2.30. The van der Waals surface area contributed by atoms with Gasteiger partial charge in [-0.25, -0.2) is 4.68 Å². The lowest BCUT2D eigenvalue weighted by atomic mass is 10.3. The van der Waals surface area contributed by atoms with Gasteiger partial charge in [-0.1, -0.05) is 5.21 Å². The number of hydrogen-bond acceptors (Lipinski definition) is 5. The summed E-state index contributed by atoms with van der Waals surface area (Å²) in [7, 11) is 0. The van der Waals surface area contributed by atoms with Crippen LogP contribution in [0.4, 0.5) is 0 Å². The lowest BCUT2D eigenvalue weighted by Gasteiger charge is -2.11. The van der Waals surface area contributed by atoms with Crippen molar-refractivity contribution in [2.75, 3.05) is 0 Å². The second-order valence-corrected chi connectivity index (χ2v) is 3.86. The molecule has 1 aromatic heterocycles. The average Bonchev–Trinajstić information content (AvgIpc) is 2.79. The Morgan fingerprint density at radius 1 is 1.44 bits per heavy atom. The number of aliphatic carboxylic acids is 1. The molecule has 0 unspecified atom stereocenters. The highest BCUT2D eigenvalue weighted by Crippen LogP contribution is 2.14. The highest BCUT2D eigenvalue weighted by Gasteiger charge is 2.28. The molecule has 1 aromatic rings. The zero-order chi connectivity index (χ0) is 13.3. The van der Waals surface area contributed by atoms with E-state index in [1.807, 2.05) is 0 Å². The van der Waals surface area contributed by atoms with Crippen molar-refractivity contribution in [3.05, 3.63) is 23.5 Å². The minimum Gasteiger partial charge on any atom is -0.480 e. The summed E-state index contributed by atoms with van der Waals surface area (Å²) in [4.78, 5) is 34.5. The first kappa shape index (κ1) is 12.0. The van der Waals surface area contributed by atoms with Crippen LogP contribution >= 0.6 is 0 Å². The minimum atomic E-state index is -1.04. The van der Waals surface area contributed by atoms with Crippen LogP contribution in [0.15, 0.2) is 17.8 Å². The maximum Gasteiger partial charge on any atom is 0.325 e. The van der Waals surface area contributed by atoms with Gasteiger partial charge in [0.05, 0.1) is 12.7 Å². The van der Waals surface area contributed by atoms with Crippen LogP contribution in [0.5, 0.6) is 0 Å². The van der Waals surface area contributed by atoms with E-state index >= 15 is 0 Å². The topological polar surface area (TPSA) is 105 Å². The fraction of sp³-hybridized carbons (Fsp3) is 0.300. The molecule has 0 aliphatic carbocycles. The lowest BCUT2D eigenvalue weighted by molar-refractivity contribution is -0.139. The molecule has 0 fully saturated rings. The van der Waals surface area contributed by atoms with E-state index in [9.17, 15) is 14.4 Å². The van der Waals surface area contributed by atoms with E-state index in [0.29, 0.717) is 11.3 Å². The third-order valence-corrected chi connectivity index (χ3v) is 2.39. The Morgan fingerprint density at radius 2 is 2.17 bits per heavy atom. The van der Waals surface area contributed by atoms with Crippen LogP contribution in [0.3, 0.4) is 0 Å². The van der Waals surface area contributed by atoms with Crippen LogP contribution in [0.2, 0.25) is 0 Å². The molecule has 2 heterocycles. The van der Waals surface area contributed by atoms with Gasteiger partial charge in [-0.15, -0.1) is 5.10 Å². The Balaban J connectivity index is 2.07. The molecule has 0 saturated carbocycles. The summed E-state index contributed by atoms with van der Waals surface area (Å²) in [6.07, 6.45) is 2.65. The molecule has 0 spiro atoms. The van der Waals surface area contributed by atoms with Gasteiger partial charge in [0.25, 0.3) is 11.8 Å². The van der Waals surface area contributed by atoms with E-state index in [2.05, 4.69) is 10.3 Å². The van der Waals surface area contributed by atoms with E-state index in [0.717, 1.165) is 9.58 Å². The molecule has 0 atom stereocenters. The average molecular weight is 250 g/mol. The van der Waals surface area contributed by atoms with Gasteiger partial charge in [-0.05, 0) is 6.92 Å². The van der Waals surface area contributed by atoms with E-state index < -0.39 is 11.9 Å². The third-order valence-electron chi connectivity index (χ3n) is 2.39. The van der Waals surface area contributed by atoms with Crippen molar-refractivity contribution in [1.29, 1.82) is 0 Å². The molecule has 0 bridgehead atoms. The van der Waals surface area contributed by atoms with Gasteiger partial charge in [-0.2, -0.15) is 0 Å². The molecule has 18 heavy (non-hydrogen) atoms. The zero-order valence-corrected chi connectivity index (χ0v) is 9.53. The van der Waals surface area contributed by atoms with Crippen LogP contribution < -0.4 is 0 Å². The van der Waals surface area contributed by atoms with Crippen molar-refractivity contribution in [1.82, 2.24) is 19.9 Å². The number of aromatic nitrogens is 3. The normalized spacial score (nSPS) is 15.2. The molecular formula is C10H10N4O4. The summed E-state index contributed by atoms with van der Waals surface area (Å²) in [5.41, 5.74) is 0.735. The first-order valence-electron chi connectivity index (χ1n) is 5.12. The molecule has 0 aromatic carbocycles. The second kappa shape index (κ2) is 4.40. The summed E-state index contributed by atoms with van der Waals surface area (Å²) < 4.78 is 1.13. The van der Waals surface area contributed by atoms with Crippen molar-refractivity contribution < 1.29 is 19.5 Å². The highest BCUT2D eigenvalue weighted by atomic mass is 16.4. The number of carboxylic acids is 1. The van der Waals surface area contributed by atoms with Crippen molar-refractivity contribution in [3.63, 3.8) is 0 Å². The Hall–Kier alpha value is -2.51. The van der Waals surface area contributed by atoms with Gasteiger partial charge in [-0.3, -0.25) is 19.3 Å². The van der Waals surface area contributed by atoms with Gasteiger partial charge in [0.1, 0.15) is 12.2 Å². The van der Waals surface area contributed by atoms with E-state index in [1.165, 1.54) is 12.3 Å². The smallest absolute Gasteiger partial charge is 0.325 e. The third kappa shape index (κ3) is 2.26. The molecule has 2 amide bonds. The summed E-state index contributed by atoms with van der Waals surface area (Å²) in [5, 5.41) is 15.9. The predicted molar refractivity (Wildman–Crippen MR) is 57.0 cm³/mol. The fourth-order valence-corrected chi connectivity index (χ4v) is 1.58. The van der Waals surface area contributed by atoms with Gasteiger partial charge in [0.15, 0.2) is 0 Å². The number of imide groups is 1. The van der Waals surface area contributed by atoms with E-state index in [4.69, 9.17) is 5.11 Å². The van der Waals surface area contributed by atoms with Gasteiger partial charge < -0.3 is 5.11 Å². The quantitative estimate of drug-likeness (QED) is 0.700. The molecule has 8 heteroatoms. The largest absolute Gasteiger partial charge is 0.480 e. The molecule has 1 aliphatic heterocycles. The van der Waals surface area contributed by atoms with Crippen molar-refractivity contribution in [2.45, 2.75) is 20.0 Å². The summed E-state index contributed by atoms with van der Waals surface area (Å²) >= 11 is 0. The Morgan fingerprint density at radius 3 is 2.72 bits per heavy atom.